The molecule has 0 saturated heterocycles. The molecule has 3 rings (SSSR count). The lowest BCUT2D eigenvalue weighted by Crippen LogP contribution is -2.13. The van der Waals surface area contributed by atoms with Gasteiger partial charge in [-0.25, -0.2) is 23.4 Å². The average Bonchev–Trinajstić information content (AvgIpc) is 2.67. The fraction of sp³-hybridized carbons (Fsp3) is 0.250. The van der Waals surface area contributed by atoms with Crippen molar-refractivity contribution < 1.29 is 8.42 Å². The number of aromatic nitrogens is 3. The van der Waals surface area contributed by atoms with Crippen LogP contribution in [-0.4, -0.2) is 28.6 Å². The molecule has 4 N–H and O–H groups in total. The molecule has 8 heteroatoms. The zero-order valence-electron chi connectivity index (χ0n) is 15.8. The first-order valence-electron chi connectivity index (χ1n) is 8.94. The Morgan fingerprint density at radius 2 is 1.68 bits per heavy atom. The van der Waals surface area contributed by atoms with E-state index in [0.29, 0.717) is 40.8 Å². The Balaban J connectivity index is 1.83. The first-order valence-corrected chi connectivity index (χ1v) is 10.5. The Hall–Kier alpha value is -3.00. The first kappa shape index (κ1) is 19.8. The van der Waals surface area contributed by atoms with Crippen molar-refractivity contribution in [2.24, 2.45) is 0 Å². The van der Waals surface area contributed by atoms with Gasteiger partial charge in [-0.15, -0.1) is 0 Å². The van der Waals surface area contributed by atoms with Crippen LogP contribution in [0.4, 0.5) is 11.6 Å². The van der Waals surface area contributed by atoms with Gasteiger partial charge in [0.05, 0.1) is 27.7 Å². The van der Waals surface area contributed by atoms with E-state index in [4.69, 9.17) is 11.5 Å². The number of nitrogens with two attached hydrogens (primary N) is 2. The Morgan fingerprint density at radius 3 is 2.32 bits per heavy atom. The summed E-state index contributed by atoms with van der Waals surface area (Å²) < 4.78 is 24.5. The van der Waals surface area contributed by atoms with E-state index in [1.807, 2.05) is 12.1 Å². The highest BCUT2D eigenvalue weighted by molar-refractivity contribution is 7.92. The van der Waals surface area contributed by atoms with Crippen molar-refractivity contribution in [2.75, 3.05) is 11.5 Å². The molecule has 0 spiro atoms. The predicted molar refractivity (Wildman–Crippen MR) is 110 cm³/mol. The molecular weight excluding hydrogens is 374 g/mol. The summed E-state index contributed by atoms with van der Waals surface area (Å²) >= 11 is 0. The normalized spacial score (nSPS) is 11.7. The smallest absolute Gasteiger partial charge is 0.180 e. The topological polar surface area (TPSA) is 125 Å². The van der Waals surface area contributed by atoms with Crippen molar-refractivity contribution in [3.05, 3.63) is 60.0 Å². The van der Waals surface area contributed by atoms with E-state index >= 15 is 0 Å². The largest absolute Gasteiger partial charge is 0.384 e. The molecule has 0 fully saturated rings. The number of anilines is 2. The molecule has 0 bridgehead atoms. The fourth-order valence-electron chi connectivity index (χ4n) is 2.73. The zero-order chi connectivity index (χ0) is 20.3. The second-order valence-corrected chi connectivity index (χ2v) is 9.26. The summed E-state index contributed by atoms with van der Waals surface area (Å²) in [6.07, 6.45) is 2.80. The molecule has 7 nitrogen and oxygen atoms in total. The summed E-state index contributed by atoms with van der Waals surface area (Å²) in [5.41, 5.74) is 14.6. The molecular formula is C20H23N5O2S. The van der Waals surface area contributed by atoms with Crippen molar-refractivity contribution >= 4 is 21.5 Å². The van der Waals surface area contributed by atoms with Crippen LogP contribution < -0.4 is 11.5 Å². The van der Waals surface area contributed by atoms with Crippen LogP contribution in [0.3, 0.4) is 0 Å². The lowest BCUT2D eigenvalue weighted by Gasteiger charge is -2.10. The van der Waals surface area contributed by atoms with Crippen LogP contribution >= 0.6 is 0 Å². The molecule has 0 aliphatic rings. The summed E-state index contributed by atoms with van der Waals surface area (Å²) in [4.78, 5) is 13.4. The summed E-state index contributed by atoms with van der Waals surface area (Å²) in [5, 5.41) is -0.470. The van der Waals surface area contributed by atoms with Crippen LogP contribution in [0, 0.1) is 0 Å². The molecule has 28 heavy (non-hydrogen) atoms. The van der Waals surface area contributed by atoms with Gasteiger partial charge < -0.3 is 11.5 Å². The van der Waals surface area contributed by atoms with Gasteiger partial charge in [-0.05, 0) is 51.0 Å². The lowest BCUT2D eigenvalue weighted by atomic mass is 10.1. The van der Waals surface area contributed by atoms with E-state index in [1.54, 1.807) is 50.4 Å². The number of aryl methyl sites for hydroxylation is 2. The molecule has 0 amide bonds. The number of hydrogen-bond donors (Lipinski definition) is 2. The van der Waals surface area contributed by atoms with Crippen molar-refractivity contribution in [1.82, 2.24) is 15.0 Å². The predicted octanol–water partition coefficient (Wildman–Crippen LogP) is 2.67. The highest BCUT2D eigenvalue weighted by Gasteiger charge is 2.19. The highest BCUT2D eigenvalue weighted by Crippen LogP contribution is 2.23. The third kappa shape index (κ3) is 4.28. The van der Waals surface area contributed by atoms with E-state index in [2.05, 4.69) is 15.0 Å². The number of sulfone groups is 1. The summed E-state index contributed by atoms with van der Waals surface area (Å²) in [5.74, 6) is 0.841. The Bertz CT molecular complexity index is 1080. The van der Waals surface area contributed by atoms with Gasteiger partial charge in [-0.2, -0.15) is 0 Å². The Labute approximate surface area is 164 Å². The Morgan fingerprint density at radius 1 is 0.964 bits per heavy atom. The van der Waals surface area contributed by atoms with Gasteiger partial charge in [0, 0.05) is 11.3 Å². The summed E-state index contributed by atoms with van der Waals surface area (Å²) in [6, 6.07) is 12.2. The van der Waals surface area contributed by atoms with E-state index in [9.17, 15) is 8.42 Å². The molecule has 0 aliphatic heterocycles. The average molecular weight is 398 g/mol. The molecule has 1 aromatic carbocycles. The number of hydrogen-bond acceptors (Lipinski definition) is 7. The minimum atomic E-state index is -3.31. The van der Waals surface area contributed by atoms with Crippen LogP contribution in [0.1, 0.15) is 25.2 Å². The van der Waals surface area contributed by atoms with E-state index in [0.717, 1.165) is 11.3 Å². The van der Waals surface area contributed by atoms with Crippen LogP contribution in [0.2, 0.25) is 0 Å². The minimum Gasteiger partial charge on any atom is -0.384 e. The van der Waals surface area contributed by atoms with Gasteiger partial charge in [0.1, 0.15) is 11.6 Å². The fourth-order valence-corrected chi connectivity index (χ4v) is 3.79. The zero-order valence-corrected chi connectivity index (χ0v) is 16.6. The monoisotopic (exact) mass is 397 g/mol. The molecule has 0 atom stereocenters. The third-order valence-electron chi connectivity index (χ3n) is 4.42. The second-order valence-electron chi connectivity index (χ2n) is 6.76. The van der Waals surface area contributed by atoms with E-state index in [-0.39, 0.29) is 0 Å². The maximum absolute atomic E-state index is 12.3. The number of nitrogens with zero attached hydrogens (tertiary/aromatic N) is 3. The van der Waals surface area contributed by atoms with Crippen LogP contribution in [-0.2, 0) is 22.7 Å². The van der Waals surface area contributed by atoms with Crippen molar-refractivity contribution in [3.63, 3.8) is 0 Å². The minimum absolute atomic E-state index is 0.294. The van der Waals surface area contributed by atoms with Crippen molar-refractivity contribution in [1.29, 1.82) is 0 Å². The molecule has 0 saturated carbocycles. The highest BCUT2D eigenvalue weighted by atomic mass is 32.2. The molecule has 2 aromatic heterocycles. The maximum atomic E-state index is 12.3. The van der Waals surface area contributed by atoms with Gasteiger partial charge >= 0.3 is 0 Å². The van der Waals surface area contributed by atoms with Crippen molar-refractivity contribution in [3.8, 4) is 11.3 Å². The Kier molecular flexibility index (Phi) is 5.60. The molecule has 0 aliphatic carbocycles. The van der Waals surface area contributed by atoms with Gasteiger partial charge in [-0.3, -0.25) is 0 Å². The third-order valence-corrected chi connectivity index (χ3v) is 6.59. The number of pyridine rings is 1. The van der Waals surface area contributed by atoms with Gasteiger partial charge in [-0.1, -0.05) is 18.2 Å². The second kappa shape index (κ2) is 7.93. The van der Waals surface area contributed by atoms with E-state index in [1.165, 1.54) is 0 Å². The quantitative estimate of drug-likeness (QED) is 0.655. The number of benzene rings is 1. The van der Waals surface area contributed by atoms with Crippen LogP contribution in [0.25, 0.3) is 11.3 Å². The molecule has 0 radical (unpaired) electrons. The summed E-state index contributed by atoms with van der Waals surface area (Å²) in [6.45, 7) is 3.33. The van der Waals surface area contributed by atoms with Gasteiger partial charge in [0.25, 0.3) is 0 Å². The standard InChI is InChI=1S/C20H23N5O2S/c1-13(2)28(26,27)16-9-6-14(7-10-16)18-12-23-20(22)17(25-18)11-8-15-4-3-5-19(21)24-15/h3-7,9-10,12-13H,8,11H2,1-2H3,(H2,21,24)(H2,22,23). The molecule has 3 aromatic rings. The van der Waals surface area contributed by atoms with Gasteiger partial charge in [0.2, 0.25) is 0 Å². The SMILES string of the molecule is CC(C)S(=O)(=O)c1ccc(-c2cnc(N)c(CCc3cccc(N)n3)n2)cc1. The molecule has 2 heterocycles. The van der Waals surface area contributed by atoms with Gasteiger partial charge in [0.15, 0.2) is 9.84 Å². The summed E-state index contributed by atoms with van der Waals surface area (Å²) in [7, 11) is -3.31. The number of rotatable bonds is 6. The number of nitrogen functional groups attached to an aromatic ring is 2. The van der Waals surface area contributed by atoms with Crippen LogP contribution in [0.15, 0.2) is 53.6 Å². The first-order chi connectivity index (χ1) is 13.3. The molecule has 0 unspecified atom stereocenters. The van der Waals surface area contributed by atoms with Crippen LogP contribution in [0.5, 0.6) is 0 Å². The maximum Gasteiger partial charge on any atom is 0.180 e. The molecule has 146 valence electrons. The van der Waals surface area contributed by atoms with Crippen molar-refractivity contribution in [2.45, 2.75) is 36.8 Å². The lowest BCUT2D eigenvalue weighted by molar-refractivity contribution is 0.587. The van der Waals surface area contributed by atoms with E-state index < -0.39 is 15.1 Å².